The lowest BCUT2D eigenvalue weighted by Crippen LogP contribution is -2.28. The molecule has 4 N–H and O–H groups in total. The van der Waals surface area contributed by atoms with Gasteiger partial charge in [0.25, 0.3) is 0 Å². The summed E-state index contributed by atoms with van der Waals surface area (Å²) >= 11 is 0. The van der Waals surface area contributed by atoms with E-state index in [0.29, 0.717) is 18.9 Å². The van der Waals surface area contributed by atoms with Gasteiger partial charge < -0.3 is 24.3 Å². The molecule has 0 aliphatic heterocycles. The average molecular weight is 347 g/mol. The largest absolute Gasteiger partial charge is 0.378 e. The summed E-state index contributed by atoms with van der Waals surface area (Å²) in [6, 6.07) is 0. The van der Waals surface area contributed by atoms with Gasteiger partial charge in [0.2, 0.25) is 0 Å². The molecule has 21 heavy (non-hydrogen) atoms. The minimum atomic E-state index is -4.35. The maximum atomic E-state index is 11.0. The molecule has 0 aromatic rings. The molecule has 0 amide bonds. The van der Waals surface area contributed by atoms with Crippen molar-refractivity contribution in [2.24, 2.45) is 5.92 Å². The third-order valence-electron chi connectivity index (χ3n) is 3.21. The van der Waals surface area contributed by atoms with Gasteiger partial charge >= 0.3 is 15.2 Å². The third kappa shape index (κ3) is 12.4. The van der Waals surface area contributed by atoms with E-state index in [4.69, 9.17) is 24.3 Å². The van der Waals surface area contributed by atoms with Gasteiger partial charge in [-0.1, -0.05) is 20.3 Å². The number of ether oxygens (including phenoxy) is 1. The number of hydrogen-bond donors (Lipinski definition) is 4. The first kappa shape index (κ1) is 21.2. The van der Waals surface area contributed by atoms with Gasteiger partial charge in [0.05, 0.1) is 6.10 Å². The smallest absolute Gasteiger partial charge is 0.339 e. The van der Waals surface area contributed by atoms with Crippen molar-refractivity contribution < 1.29 is 33.4 Å². The van der Waals surface area contributed by atoms with E-state index in [1.54, 1.807) is 0 Å². The van der Waals surface area contributed by atoms with Crippen molar-refractivity contribution in [1.82, 2.24) is 4.90 Å². The third-order valence-corrected chi connectivity index (χ3v) is 4.75. The van der Waals surface area contributed by atoms with Gasteiger partial charge in [0.15, 0.2) is 0 Å². The van der Waals surface area contributed by atoms with Crippen LogP contribution < -0.4 is 0 Å². The van der Waals surface area contributed by atoms with Crippen molar-refractivity contribution in [1.29, 1.82) is 0 Å². The molecular weight excluding hydrogens is 320 g/mol. The topological polar surface area (TPSA) is 128 Å². The second-order valence-corrected chi connectivity index (χ2v) is 8.55. The lowest BCUT2D eigenvalue weighted by molar-refractivity contribution is 0.0249. The number of rotatable bonds is 11. The molecule has 2 unspecified atom stereocenters. The molecule has 0 radical (unpaired) electrons. The Morgan fingerprint density at radius 3 is 1.90 bits per heavy atom. The standard InChI is InChI=1S/C11H27NO7P2/c1-4-10(2)11(3)19-7-5-6-12(8-20(13,14)15)9-21(16,17)18/h10-11H,4-9H2,1-3H3,(H2,13,14,15)(H2,16,17,18). The molecule has 0 aliphatic rings. The van der Waals surface area contributed by atoms with Gasteiger partial charge in [-0.25, -0.2) is 0 Å². The van der Waals surface area contributed by atoms with Crippen LogP contribution in [0.2, 0.25) is 0 Å². The van der Waals surface area contributed by atoms with Crippen LogP contribution in [0.3, 0.4) is 0 Å². The molecule has 0 aliphatic carbocycles. The van der Waals surface area contributed by atoms with Gasteiger partial charge in [-0.3, -0.25) is 14.0 Å². The highest BCUT2D eigenvalue weighted by atomic mass is 31.2. The maximum Gasteiger partial charge on any atom is 0.339 e. The SMILES string of the molecule is CCC(C)C(C)OCCCN(CP(=O)(O)O)CP(=O)(O)O. The second-order valence-electron chi connectivity index (χ2n) is 5.32. The highest BCUT2D eigenvalue weighted by Crippen LogP contribution is 2.40. The van der Waals surface area contributed by atoms with Crippen LogP contribution in [0.5, 0.6) is 0 Å². The van der Waals surface area contributed by atoms with Gasteiger partial charge in [0, 0.05) is 13.2 Å². The molecule has 0 spiro atoms. The van der Waals surface area contributed by atoms with Gasteiger partial charge in [-0.15, -0.1) is 0 Å². The number of hydrogen-bond acceptors (Lipinski definition) is 4. The Labute approximate surface area is 125 Å². The van der Waals surface area contributed by atoms with E-state index in [9.17, 15) is 9.13 Å². The van der Waals surface area contributed by atoms with E-state index >= 15 is 0 Å². The van der Waals surface area contributed by atoms with E-state index in [2.05, 4.69) is 13.8 Å². The highest BCUT2D eigenvalue weighted by molar-refractivity contribution is 7.52. The Morgan fingerprint density at radius 1 is 1.05 bits per heavy atom. The summed E-state index contributed by atoms with van der Waals surface area (Å²) in [7, 11) is -8.71. The zero-order chi connectivity index (χ0) is 16.7. The zero-order valence-corrected chi connectivity index (χ0v) is 14.5. The summed E-state index contributed by atoms with van der Waals surface area (Å²) in [4.78, 5) is 36.8. The van der Waals surface area contributed by atoms with Crippen molar-refractivity contribution in [3.8, 4) is 0 Å². The van der Waals surface area contributed by atoms with Gasteiger partial charge in [-0.05, 0) is 19.3 Å². The molecule has 128 valence electrons. The van der Waals surface area contributed by atoms with Crippen LogP contribution in [-0.4, -0.2) is 56.3 Å². The molecule has 0 saturated carbocycles. The summed E-state index contributed by atoms with van der Waals surface area (Å²) in [5.74, 6) is 0.409. The Morgan fingerprint density at radius 2 is 1.52 bits per heavy atom. The maximum absolute atomic E-state index is 11.0. The second kappa shape index (κ2) is 9.38. The van der Waals surface area contributed by atoms with Crippen LogP contribution in [0.4, 0.5) is 0 Å². The first-order chi connectivity index (χ1) is 9.44. The molecule has 8 nitrogen and oxygen atoms in total. The van der Waals surface area contributed by atoms with Crippen LogP contribution in [0.1, 0.15) is 33.6 Å². The summed E-state index contributed by atoms with van der Waals surface area (Å²) < 4.78 is 27.5. The number of nitrogens with zero attached hydrogens (tertiary/aromatic N) is 1. The molecule has 0 aromatic carbocycles. The lowest BCUT2D eigenvalue weighted by Gasteiger charge is -2.24. The Bertz CT molecular complexity index is 357. The Hall–Kier alpha value is 0.220. The fourth-order valence-electron chi connectivity index (χ4n) is 1.76. The van der Waals surface area contributed by atoms with Gasteiger partial charge in [0.1, 0.15) is 12.6 Å². The molecule has 0 bridgehead atoms. The van der Waals surface area contributed by atoms with Crippen molar-refractivity contribution in [2.45, 2.75) is 39.7 Å². The minimum Gasteiger partial charge on any atom is -0.378 e. The Kier molecular flexibility index (Phi) is 9.48. The predicted octanol–water partition coefficient (Wildman–Crippen LogP) is 1.40. The van der Waals surface area contributed by atoms with Crippen molar-refractivity contribution in [3.63, 3.8) is 0 Å². The molecule has 0 saturated heterocycles. The molecule has 0 fully saturated rings. The van der Waals surface area contributed by atoms with Crippen molar-refractivity contribution in [2.75, 3.05) is 25.7 Å². The van der Waals surface area contributed by atoms with Crippen LogP contribution in [0.25, 0.3) is 0 Å². The molecule has 10 heteroatoms. The van der Waals surface area contributed by atoms with E-state index in [0.717, 1.165) is 11.3 Å². The van der Waals surface area contributed by atoms with Gasteiger partial charge in [-0.2, -0.15) is 0 Å². The zero-order valence-electron chi connectivity index (χ0n) is 12.8. The Balaban J connectivity index is 4.24. The van der Waals surface area contributed by atoms with Crippen LogP contribution >= 0.6 is 15.2 Å². The summed E-state index contributed by atoms with van der Waals surface area (Å²) in [6.07, 6.45) is 0.176. The van der Waals surface area contributed by atoms with Crippen LogP contribution in [-0.2, 0) is 13.9 Å². The molecule has 0 heterocycles. The quantitative estimate of drug-likeness (QED) is 0.326. The van der Waals surface area contributed by atoms with E-state index in [-0.39, 0.29) is 12.6 Å². The fraction of sp³-hybridized carbons (Fsp3) is 1.00. The average Bonchev–Trinajstić information content (AvgIpc) is 2.29. The summed E-state index contributed by atoms with van der Waals surface area (Å²) in [5.41, 5.74) is 0. The molecular formula is C11H27NO7P2. The summed E-state index contributed by atoms with van der Waals surface area (Å²) in [6.45, 7) is 6.62. The van der Waals surface area contributed by atoms with Crippen molar-refractivity contribution >= 4 is 15.2 Å². The van der Waals surface area contributed by atoms with E-state index < -0.39 is 27.8 Å². The summed E-state index contributed by atoms with van der Waals surface area (Å²) in [5, 5.41) is 0. The van der Waals surface area contributed by atoms with Crippen LogP contribution in [0.15, 0.2) is 0 Å². The molecule has 0 rings (SSSR count). The molecule has 0 aromatic heterocycles. The lowest BCUT2D eigenvalue weighted by atomic mass is 10.0. The fourth-order valence-corrected chi connectivity index (χ4v) is 3.44. The normalized spacial score (nSPS) is 16.2. The highest BCUT2D eigenvalue weighted by Gasteiger charge is 2.25. The predicted molar refractivity (Wildman–Crippen MR) is 80.0 cm³/mol. The van der Waals surface area contributed by atoms with Crippen LogP contribution in [0, 0.1) is 5.92 Å². The van der Waals surface area contributed by atoms with E-state index in [1.165, 1.54) is 0 Å². The first-order valence-corrected chi connectivity index (χ1v) is 10.5. The first-order valence-electron chi connectivity index (χ1n) is 6.87. The van der Waals surface area contributed by atoms with E-state index in [1.807, 2.05) is 6.92 Å². The molecule has 2 atom stereocenters. The monoisotopic (exact) mass is 347 g/mol. The van der Waals surface area contributed by atoms with Crippen molar-refractivity contribution in [3.05, 3.63) is 0 Å². The minimum absolute atomic E-state index is 0.0759.